The number of nitriles is 1. The third kappa shape index (κ3) is 2.02. The Morgan fingerprint density at radius 3 is 2.95 bits per heavy atom. The van der Waals surface area contributed by atoms with E-state index in [2.05, 4.69) is 16.4 Å². The van der Waals surface area contributed by atoms with Gasteiger partial charge in [-0.3, -0.25) is 4.79 Å². The molecule has 1 aromatic carbocycles. The van der Waals surface area contributed by atoms with Gasteiger partial charge < -0.3 is 14.7 Å². The Bertz CT molecular complexity index is 749. The van der Waals surface area contributed by atoms with E-state index < -0.39 is 5.54 Å². The van der Waals surface area contributed by atoms with Crippen LogP contribution in [0.1, 0.15) is 29.6 Å². The summed E-state index contributed by atoms with van der Waals surface area (Å²) in [4.78, 5) is 15.3. The number of hydrogen-bond acceptors (Lipinski definition) is 4. The fraction of sp³-hybridized carbons (Fsp3) is 0.308. The SMILES string of the molecule is N#CC1(NC(=O)c2ccc3[nH]c(=S)oc3c2)CCC1. The van der Waals surface area contributed by atoms with Gasteiger partial charge in [-0.05, 0) is 49.7 Å². The number of oxazole rings is 1. The average Bonchev–Trinajstić information content (AvgIpc) is 2.72. The van der Waals surface area contributed by atoms with Gasteiger partial charge in [-0.2, -0.15) is 5.26 Å². The fourth-order valence-corrected chi connectivity index (χ4v) is 2.37. The molecule has 96 valence electrons. The number of fused-ring (bicyclic) bond motifs is 1. The lowest BCUT2D eigenvalue weighted by molar-refractivity contribution is 0.0881. The third-order valence-corrected chi connectivity index (χ3v) is 3.64. The maximum atomic E-state index is 12.1. The molecular formula is C13H11N3O2S. The van der Waals surface area contributed by atoms with Crippen molar-refractivity contribution in [2.24, 2.45) is 0 Å². The minimum absolute atomic E-state index is 0.259. The van der Waals surface area contributed by atoms with E-state index in [0.29, 0.717) is 24.0 Å². The van der Waals surface area contributed by atoms with Gasteiger partial charge in [-0.25, -0.2) is 0 Å². The number of carbonyl (C=O) groups excluding carboxylic acids is 1. The quantitative estimate of drug-likeness (QED) is 0.824. The second kappa shape index (κ2) is 4.21. The summed E-state index contributed by atoms with van der Waals surface area (Å²) in [6, 6.07) is 7.23. The van der Waals surface area contributed by atoms with Crippen LogP contribution < -0.4 is 5.32 Å². The Hall–Kier alpha value is -2.13. The maximum Gasteiger partial charge on any atom is 0.266 e. The average molecular weight is 273 g/mol. The predicted molar refractivity (Wildman–Crippen MR) is 71.1 cm³/mol. The number of benzene rings is 1. The number of rotatable bonds is 2. The van der Waals surface area contributed by atoms with Gasteiger partial charge in [0.05, 0.1) is 11.6 Å². The number of nitrogens with zero attached hydrogens (tertiary/aromatic N) is 1. The van der Waals surface area contributed by atoms with Crippen LogP contribution in [-0.4, -0.2) is 16.4 Å². The zero-order valence-corrected chi connectivity index (χ0v) is 10.8. The van der Waals surface area contributed by atoms with E-state index in [-0.39, 0.29) is 10.7 Å². The van der Waals surface area contributed by atoms with Crippen molar-refractivity contribution in [3.8, 4) is 6.07 Å². The van der Waals surface area contributed by atoms with Crippen molar-refractivity contribution < 1.29 is 9.21 Å². The Kier molecular flexibility index (Phi) is 2.64. The summed E-state index contributed by atoms with van der Waals surface area (Å²) in [7, 11) is 0. The first-order valence-electron chi connectivity index (χ1n) is 5.99. The summed E-state index contributed by atoms with van der Waals surface area (Å²) < 4.78 is 5.27. The van der Waals surface area contributed by atoms with Gasteiger partial charge in [0.15, 0.2) is 5.58 Å². The molecule has 0 aliphatic heterocycles. The zero-order valence-electron chi connectivity index (χ0n) is 10.0. The van der Waals surface area contributed by atoms with E-state index >= 15 is 0 Å². The zero-order chi connectivity index (χ0) is 13.5. The molecule has 2 aromatic rings. The lowest BCUT2D eigenvalue weighted by Gasteiger charge is -2.35. The van der Waals surface area contributed by atoms with Gasteiger partial charge in [-0.1, -0.05) is 0 Å². The third-order valence-electron chi connectivity index (χ3n) is 3.46. The molecule has 1 heterocycles. The summed E-state index contributed by atoms with van der Waals surface area (Å²) in [5.41, 5.74) is 1.06. The van der Waals surface area contributed by atoms with Crippen LogP contribution in [0.25, 0.3) is 11.1 Å². The van der Waals surface area contributed by atoms with Gasteiger partial charge in [-0.15, -0.1) is 0 Å². The van der Waals surface area contributed by atoms with Crippen LogP contribution in [0, 0.1) is 16.2 Å². The number of carbonyl (C=O) groups is 1. The molecular weight excluding hydrogens is 262 g/mol. The number of H-pyrrole nitrogens is 1. The van der Waals surface area contributed by atoms with Gasteiger partial charge in [0, 0.05) is 5.56 Å². The monoisotopic (exact) mass is 273 g/mol. The summed E-state index contributed by atoms with van der Waals surface area (Å²) in [6.45, 7) is 0. The largest absolute Gasteiger partial charge is 0.429 e. The molecule has 1 amide bonds. The first kappa shape index (κ1) is 11.9. The molecule has 2 N–H and O–H groups in total. The Morgan fingerprint density at radius 2 is 2.32 bits per heavy atom. The van der Waals surface area contributed by atoms with Gasteiger partial charge >= 0.3 is 0 Å². The molecule has 1 saturated carbocycles. The molecule has 1 aromatic heterocycles. The Labute approximate surface area is 114 Å². The van der Waals surface area contributed by atoms with Crippen LogP contribution in [0.15, 0.2) is 22.6 Å². The number of amides is 1. The number of aromatic nitrogens is 1. The molecule has 1 fully saturated rings. The highest BCUT2D eigenvalue weighted by Gasteiger charge is 2.38. The smallest absolute Gasteiger partial charge is 0.266 e. The molecule has 0 radical (unpaired) electrons. The molecule has 1 aliphatic carbocycles. The Balaban J connectivity index is 1.89. The van der Waals surface area contributed by atoms with E-state index in [0.717, 1.165) is 11.9 Å². The van der Waals surface area contributed by atoms with E-state index in [1.54, 1.807) is 18.2 Å². The normalized spacial score (nSPS) is 16.6. The van der Waals surface area contributed by atoms with Crippen LogP contribution in [0.2, 0.25) is 0 Å². The Morgan fingerprint density at radius 1 is 1.53 bits per heavy atom. The number of nitrogens with one attached hydrogen (secondary N) is 2. The molecule has 0 spiro atoms. The summed E-state index contributed by atoms with van der Waals surface area (Å²) >= 11 is 4.89. The van der Waals surface area contributed by atoms with Crippen LogP contribution in [-0.2, 0) is 0 Å². The fourth-order valence-electron chi connectivity index (χ4n) is 2.17. The standard InChI is InChI=1S/C13H11N3O2S/c14-7-13(4-1-5-13)16-11(17)8-2-3-9-10(6-8)18-12(19)15-9/h2-3,6H,1,4-5H2,(H,15,19)(H,16,17). The lowest BCUT2D eigenvalue weighted by atomic mass is 9.78. The molecule has 3 rings (SSSR count). The van der Waals surface area contributed by atoms with Crippen LogP contribution in [0.4, 0.5) is 0 Å². The number of aromatic amines is 1. The van der Waals surface area contributed by atoms with E-state index in [1.807, 2.05) is 0 Å². The minimum atomic E-state index is -0.690. The molecule has 6 heteroatoms. The highest BCUT2D eigenvalue weighted by Crippen LogP contribution is 2.31. The van der Waals surface area contributed by atoms with Crippen molar-refractivity contribution >= 4 is 29.2 Å². The number of hydrogen-bond donors (Lipinski definition) is 2. The van der Waals surface area contributed by atoms with Crippen molar-refractivity contribution in [3.63, 3.8) is 0 Å². The van der Waals surface area contributed by atoms with E-state index in [9.17, 15) is 4.79 Å². The van der Waals surface area contributed by atoms with Crippen molar-refractivity contribution in [1.82, 2.24) is 10.3 Å². The minimum Gasteiger partial charge on any atom is -0.429 e. The predicted octanol–water partition coefficient (Wildman–Crippen LogP) is 2.67. The lowest BCUT2D eigenvalue weighted by Crippen LogP contribution is -2.52. The second-order valence-corrected chi connectivity index (χ2v) is 5.10. The van der Waals surface area contributed by atoms with Gasteiger partial charge in [0.1, 0.15) is 5.54 Å². The molecule has 0 atom stereocenters. The molecule has 5 nitrogen and oxygen atoms in total. The summed E-state index contributed by atoms with van der Waals surface area (Å²) in [5.74, 6) is -0.259. The van der Waals surface area contributed by atoms with Crippen LogP contribution in [0.3, 0.4) is 0 Å². The van der Waals surface area contributed by atoms with Crippen molar-refractivity contribution in [2.45, 2.75) is 24.8 Å². The summed E-state index contributed by atoms with van der Waals surface area (Å²) in [5, 5.41) is 11.9. The molecule has 19 heavy (non-hydrogen) atoms. The van der Waals surface area contributed by atoms with Crippen LogP contribution >= 0.6 is 12.2 Å². The van der Waals surface area contributed by atoms with Crippen molar-refractivity contribution in [1.29, 1.82) is 5.26 Å². The van der Waals surface area contributed by atoms with Gasteiger partial charge in [0.25, 0.3) is 10.7 Å². The van der Waals surface area contributed by atoms with Gasteiger partial charge in [0.2, 0.25) is 0 Å². The van der Waals surface area contributed by atoms with Crippen LogP contribution in [0.5, 0.6) is 0 Å². The van der Waals surface area contributed by atoms with E-state index in [4.69, 9.17) is 21.9 Å². The molecule has 0 bridgehead atoms. The highest BCUT2D eigenvalue weighted by atomic mass is 32.1. The molecule has 1 aliphatic rings. The maximum absolute atomic E-state index is 12.1. The first-order chi connectivity index (χ1) is 9.12. The topological polar surface area (TPSA) is 81.8 Å². The highest BCUT2D eigenvalue weighted by molar-refractivity contribution is 7.71. The molecule has 0 unspecified atom stereocenters. The van der Waals surface area contributed by atoms with E-state index in [1.165, 1.54) is 0 Å². The van der Waals surface area contributed by atoms with Crippen molar-refractivity contribution in [2.75, 3.05) is 0 Å². The second-order valence-electron chi connectivity index (χ2n) is 4.73. The molecule has 0 saturated heterocycles. The first-order valence-corrected chi connectivity index (χ1v) is 6.39. The van der Waals surface area contributed by atoms with Crippen molar-refractivity contribution in [3.05, 3.63) is 28.6 Å². The summed E-state index contributed by atoms with van der Waals surface area (Å²) in [6.07, 6.45) is 2.39.